The van der Waals surface area contributed by atoms with Crippen molar-refractivity contribution in [3.8, 4) is 0 Å². The minimum atomic E-state index is -1.19. The van der Waals surface area contributed by atoms with E-state index in [4.69, 9.17) is 29.2 Å². The van der Waals surface area contributed by atoms with Crippen molar-refractivity contribution in [2.45, 2.75) is 147 Å². The first-order valence-corrected chi connectivity index (χ1v) is 21.9. The van der Waals surface area contributed by atoms with Crippen LogP contribution in [-0.4, -0.2) is 148 Å². The van der Waals surface area contributed by atoms with Gasteiger partial charge in [-0.2, -0.15) is 0 Å². The number of ketones is 2. The molecule has 7 N–H and O–H groups in total. The molecule has 0 radical (unpaired) electrons. The summed E-state index contributed by atoms with van der Waals surface area (Å²) in [5.74, 6) is -3.18. The van der Waals surface area contributed by atoms with Gasteiger partial charge in [0.2, 0.25) is 17.7 Å². The van der Waals surface area contributed by atoms with Gasteiger partial charge < -0.3 is 55.5 Å². The van der Waals surface area contributed by atoms with E-state index in [9.17, 15) is 38.7 Å². The molecule has 0 aromatic heterocycles. The van der Waals surface area contributed by atoms with Crippen LogP contribution in [-0.2, 0) is 52.5 Å². The van der Waals surface area contributed by atoms with E-state index in [0.717, 1.165) is 57.8 Å². The lowest BCUT2D eigenvalue weighted by Gasteiger charge is -2.14. The number of Topliss-reactive ketones (excluding diaryl/α,β-unsaturated/α-hetero) is 2. The smallest absolute Gasteiger partial charge is 0.326 e. The van der Waals surface area contributed by atoms with E-state index in [1.807, 2.05) is 0 Å². The zero-order valence-electron chi connectivity index (χ0n) is 36.1. The topological polar surface area (TPSA) is 265 Å². The molecule has 0 aliphatic heterocycles. The average molecular weight is 863 g/mol. The van der Waals surface area contributed by atoms with Crippen LogP contribution in [0.1, 0.15) is 136 Å². The predicted molar refractivity (Wildman–Crippen MR) is 226 cm³/mol. The van der Waals surface area contributed by atoms with Crippen LogP contribution in [0.2, 0.25) is 0 Å². The lowest BCUT2D eigenvalue weighted by Crippen LogP contribution is -2.41. The fourth-order valence-corrected chi connectivity index (χ4v) is 6.04. The standard InChI is InChI=1S/C42H76N4O14.H2/c1-43-35(37(49)31-47)18-14-15-23-44-40(52)33-60-30-27-57-25-16-17-34(48)32-59-29-28-58-26-24-45-38(50)22-21-36(42(55)56)46-39(51)19-12-10-8-6-4-2-3-5-7-9-11-13-20-41(53)54;/h35-36,43,47H,2-33H2,1H3,(H,44,52)(H,45,50)(H,46,51)(H,53,54)(H,55,56);1H/t35-,36-;/m0./s1. The monoisotopic (exact) mass is 863 g/mol. The Morgan fingerprint density at radius 3 is 1.63 bits per heavy atom. The first kappa shape index (κ1) is 56.5. The molecule has 0 rings (SSSR count). The van der Waals surface area contributed by atoms with Crippen LogP contribution in [0.3, 0.4) is 0 Å². The summed E-state index contributed by atoms with van der Waals surface area (Å²) in [6.07, 6.45) is 15.5. The van der Waals surface area contributed by atoms with Crippen LogP contribution < -0.4 is 21.3 Å². The van der Waals surface area contributed by atoms with Gasteiger partial charge >= 0.3 is 11.9 Å². The second-order valence-corrected chi connectivity index (χ2v) is 14.8. The van der Waals surface area contributed by atoms with Crippen LogP contribution in [0.5, 0.6) is 0 Å². The fraction of sp³-hybridized carbons (Fsp3) is 0.833. The van der Waals surface area contributed by atoms with E-state index in [1.165, 1.54) is 19.3 Å². The summed E-state index contributed by atoms with van der Waals surface area (Å²) in [6.45, 7) is 1.54. The van der Waals surface area contributed by atoms with Crippen LogP contribution in [0.15, 0.2) is 0 Å². The van der Waals surface area contributed by atoms with Gasteiger partial charge in [-0.15, -0.1) is 0 Å². The summed E-state index contributed by atoms with van der Waals surface area (Å²) in [4.78, 5) is 82.0. The molecule has 0 aliphatic rings. The number of nitrogens with one attached hydrogen (secondary N) is 4. The molecule has 0 aromatic carbocycles. The average Bonchev–Trinajstić information content (AvgIpc) is 3.22. The van der Waals surface area contributed by atoms with Gasteiger partial charge in [0, 0.05) is 46.8 Å². The number of aliphatic hydroxyl groups excluding tert-OH is 1. The van der Waals surface area contributed by atoms with E-state index < -0.39 is 24.6 Å². The van der Waals surface area contributed by atoms with E-state index in [0.29, 0.717) is 38.8 Å². The summed E-state index contributed by atoms with van der Waals surface area (Å²) in [5, 5.41) is 37.9. The molecule has 0 unspecified atom stereocenters. The zero-order valence-corrected chi connectivity index (χ0v) is 36.1. The molecule has 0 saturated heterocycles. The van der Waals surface area contributed by atoms with Crippen molar-refractivity contribution in [3.63, 3.8) is 0 Å². The second-order valence-electron chi connectivity index (χ2n) is 14.8. The normalized spacial score (nSPS) is 12.1. The molecule has 2 atom stereocenters. The van der Waals surface area contributed by atoms with Gasteiger partial charge in [-0.3, -0.25) is 28.8 Å². The van der Waals surface area contributed by atoms with Crippen molar-refractivity contribution in [2.75, 3.05) is 79.6 Å². The number of amides is 3. The molecular weight excluding hydrogens is 784 g/mol. The molecule has 350 valence electrons. The van der Waals surface area contributed by atoms with E-state index in [1.54, 1.807) is 7.05 Å². The van der Waals surface area contributed by atoms with Gasteiger partial charge in [0.25, 0.3) is 0 Å². The summed E-state index contributed by atoms with van der Waals surface area (Å²) < 4.78 is 21.5. The van der Waals surface area contributed by atoms with Gasteiger partial charge in [-0.05, 0) is 52.0 Å². The Morgan fingerprint density at radius 1 is 0.500 bits per heavy atom. The maximum Gasteiger partial charge on any atom is 0.326 e. The van der Waals surface area contributed by atoms with Crippen LogP contribution >= 0.6 is 0 Å². The Bertz CT molecular complexity index is 1180. The number of aliphatic carboxylic acids is 2. The molecule has 0 saturated carbocycles. The van der Waals surface area contributed by atoms with Gasteiger partial charge in [-0.1, -0.05) is 64.2 Å². The van der Waals surface area contributed by atoms with Crippen LogP contribution in [0.25, 0.3) is 0 Å². The first-order chi connectivity index (χ1) is 29.0. The van der Waals surface area contributed by atoms with E-state index in [-0.39, 0.29) is 122 Å². The Morgan fingerprint density at radius 2 is 1.05 bits per heavy atom. The van der Waals surface area contributed by atoms with Gasteiger partial charge in [0.1, 0.15) is 25.9 Å². The molecule has 0 spiro atoms. The molecule has 0 bridgehead atoms. The number of carbonyl (C=O) groups excluding carboxylic acids is 5. The second kappa shape index (κ2) is 40.8. The molecule has 18 nitrogen and oxygen atoms in total. The number of ether oxygens (including phenoxy) is 4. The first-order valence-electron chi connectivity index (χ1n) is 21.9. The molecule has 60 heavy (non-hydrogen) atoms. The maximum atomic E-state index is 12.3. The van der Waals surface area contributed by atoms with Crippen molar-refractivity contribution in [3.05, 3.63) is 0 Å². The minimum Gasteiger partial charge on any atom is -0.481 e. The predicted octanol–water partition coefficient (Wildman–Crippen LogP) is 3.10. The number of carbonyl (C=O) groups is 7. The Kier molecular flexibility index (Phi) is 38.4. The highest BCUT2D eigenvalue weighted by molar-refractivity contribution is 5.85. The molecule has 0 aromatic rings. The lowest BCUT2D eigenvalue weighted by atomic mass is 10.0. The van der Waals surface area contributed by atoms with Crippen molar-refractivity contribution < 1.29 is 69.3 Å². The number of aliphatic hydroxyl groups is 1. The number of hydrogen-bond acceptors (Lipinski definition) is 13. The fourth-order valence-electron chi connectivity index (χ4n) is 6.04. The molecule has 0 aliphatic carbocycles. The van der Waals surface area contributed by atoms with E-state index >= 15 is 0 Å². The Hall–Kier alpha value is -3.55. The van der Waals surface area contributed by atoms with Crippen molar-refractivity contribution >= 4 is 41.2 Å². The van der Waals surface area contributed by atoms with Gasteiger partial charge in [0.05, 0.1) is 39.1 Å². The number of likely N-dealkylation sites (N-methyl/N-ethyl adjacent to an activating group) is 1. The SMILES string of the molecule is CN[C@@H](CCCCNC(=O)COCCOCCCC(=O)COCCOCCNC(=O)CC[C@H](NC(=O)CCCCCCCCCCCCCCC(=O)O)C(=O)O)C(=O)CO.[HH]. The number of hydrogen-bond donors (Lipinski definition) is 7. The van der Waals surface area contributed by atoms with Crippen LogP contribution in [0, 0.1) is 0 Å². The molecule has 0 heterocycles. The number of carboxylic acid groups (broad SMARTS) is 2. The number of rotatable bonds is 45. The third kappa shape index (κ3) is 37.4. The summed E-state index contributed by atoms with van der Waals surface area (Å²) in [5.41, 5.74) is 0. The van der Waals surface area contributed by atoms with Crippen molar-refractivity contribution in [2.24, 2.45) is 0 Å². The number of unbranched alkanes of at least 4 members (excludes halogenated alkanes) is 12. The van der Waals surface area contributed by atoms with Crippen molar-refractivity contribution in [1.82, 2.24) is 21.3 Å². The largest absolute Gasteiger partial charge is 0.481 e. The quantitative estimate of drug-likeness (QED) is 0.0434. The van der Waals surface area contributed by atoms with Crippen molar-refractivity contribution in [1.29, 1.82) is 0 Å². The zero-order chi connectivity index (χ0) is 44.5. The van der Waals surface area contributed by atoms with Crippen LogP contribution in [0.4, 0.5) is 0 Å². The molecule has 18 heteroatoms. The summed E-state index contributed by atoms with van der Waals surface area (Å²) in [6, 6.07) is -1.53. The highest BCUT2D eigenvalue weighted by Crippen LogP contribution is 2.13. The third-order valence-corrected chi connectivity index (χ3v) is 9.53. The van der Waals surface area contributed by atoms with Gasteiger partial charge in [-0.25, -0.2) is 4.79 Å². The number of carboxylic acids is 2. The molecule has 3 amide bonds. The third-order valence-electron chi connectivity index (χ3n) is 9.53. The minimum absolute atomic E-state index is 0. The molecule has 0 fully saturated rings. The van der Waals surface area contributed by atoms with E-state index in [2.05, 4.69) is 21.3 Å². The Balaban J connectivity index is 0. The van der Waals surface area contributed by atoms with Gasteiger partial charge in [0.15, 0.2) is 11.6 Å². The summed E-state index contributed by atoms with van der Waals surface area (Å²) >= 11 is 0. The summed E-state index contributed by atoms with van der Waals surface area (Å²) in [7, 11) is 1.67. The highest BCUT2D eigenvalue weighted by atomic mass is 16.5. The lowest BCUT2D eigenvalue weighted by molar-refractivity contribution is -0.142. The maximum absolute atomic E-state index is 12.3. The molecular formula is C42H78N4O14. The highest BCUT2D eigenvalue weighted by Gasteiger charge is 2.21. The Labute approximate surface area is 357 Å².